The average Bonchev–Trinajstić information content (AvgIpc) is 3.39. The molecule has 2 saturated heterocycles. The summed E-state index contributed by atoms with van der Waals surface area (Å²) in [5.41, 5.74) is 1.87. The van der Waals surface area contributed by atoms with Crippen LogP contribution in [-0.2, 0) is 11.3 Å². The van der Waals surface area contributed by atoms with Crippen molar-refractivity contribution in [3.05, 3.63) is 40.7 Å². The number of hydrogen-bond acceptors (Lipinski definition) is 5. The molecule has 2 fully saturated rings. The van der Waals surface area contributed by atoms with Crippen LogP contribution in [0.5, 0.6) is 0 Å². The summed E-state index contributed by atoms with van der Waals surface area (Å²) in [6, 6.07) is 7.59. The van der Waals surface area contributed by atoms with Crippen molar-refractivity contribution in [3.8, 4) is 11.5 Å². The fourth-order valence-electron chi connectivity index (χ4n) is 4.63. The Labute approximate surface area is 184 Å². The van der Waals surface area contributed by atoms with Gasteiger partial charge in [0.25, 0.3) is 0 Å². The summed E-state index contributed by atoms with van der Waals surface area (Å²) in [6.07, 6.45) is 6.31. The van der Waals surface area contributed by atoms with E-state index >= 15 is 0 Å². The Hall–Kier alpha value is -1.69. The second-order valence-corrected chi connectivity index (χ2v) is 9.14. The van der Waals surface area contributed by atoms with E-state index in [-0.39, 0.29) is 5.92 Å². The lowest BCUT2D eigenvalue weighted by Crippen LogP contribution is -2.36. The summed E-state index contributed by atoms with van der Waals surface area (Å²) in [5.74, 6) is 2.17. The number of aromatic nitrogens is 1. The average molecular weight is 430 g/mol. The lowest BCUT2D eigenvalue weighted by Gasteiger charge is -2.30. The van der Waals surface area contributed by atoms with E-state index in [0.717, 1.165) is 68.9 Å². The van der Waals surface area contributed by atoms with Crippen molar-refractivity contribution in [2.75, 3.05) is 32.7 Å². The van der Waals surface area contributed by atoms with Gasteiger partial charge in [0.15, 0.2) is 0 Å². The Morgan fingerprint density at radius 3 is 2.67 bits per heavy atom. The zero-order valence-corrected chi connectivity index (χ0v) is 18.7. The van der Waals surface area contributed by atoms with Crippen LogP contribution >= 0.6 is 11.6 Å². The zero-order valence-electron chi connectivity index (χ0n) is 17.9. The Kier molecular flexibility index (Phi) is 7.24. The number of nitrogens with zero attached hydrogens (tertiary/aromatic N) is 3. The highest BCUT2D eigenvalue weighted by Gasteiger charge is 2.26. The highest BCUT2D eigenvalue weighted by atomic mass is 35.5. The van der Waals surface area contributed by atoms with Crippen LogP contribution in [0.3, 0.4) is 0 Å². The molecule has 3 heterocycles. The van der Waals surface area contributed by atoms with E-state index in [0.29, 0.717) is 16.7 Å². The van der Waals surface area contributed by atoms with Crippen molar-refractivity contribution >= 4 is 17.4 Å². The molecule has 0 N–H and O–H groups in total. The number of halogens is 1. The van der Waals surface area contributed by atoms with Gasteiger partial charge in [0.1, 0.15) is 11.5 Å². The van der Waals surface area contributed by atoms with Crippen LogP contribution in [0.25, 0.3) is 11.5 Å². The number of likely N-dealkylation sites (tertiary alicyclic amines) is 2. The van der Waals surface area contributed by atoms with Crippen LogP contribution in [0.4, 0.5) is 0 Å². The van der Waals surface area contributed by atoms with Gasteiger partial charge in [0.2, 0.25) is 5.89 Å². The molecule has 0 unspecified atom stereocenters. The van der Waals surface area contributed by atoms with Gasteiger partial charge in [-0.25, -0.2) is 4.98 Å². The summed E-state index contributed by atoms with van der Waals surface area (Å²) < 4.78 is 5.89. The number of rotatable bonds is 8. The van der Waals surface area contributed by atoms with Crippen molar-refractivity contribution in [2.24, 2.45) is 5.92 Å². The zero-order chi connectivity index (χ0) is 20.9. The van der Waals surface area contributed by atoms with Crippen molar-refractivity contribution in [1.82, 2.24) is 14.8 Å². The molecule has 2 aromatic rings. The molecule has 0 saturated carbocycles. The molecule has 2 aliphatic rings. The molecule has 0 radical (unpaired) electrons. The number of carbonyl (C=O) groups excluding carboxylic acids is 1. The van der Waals surface area contributed by atoms with Gasteiger partial charge in [-0.1, -0.05) is 17.7 Å². The van der Waals surface area contributed by atoms with E-state index in [1.807, 2.05) is 31.2 Å². The summed E-state index contributed by atoms with van der Waals surface area (Å²) in [4.78, 5) is 22.2. The highest BCUT2D eigenvalue weighted by Crippen LogP contribution is 2.26. The standard InChI is InChI=1S/C24H32ClN3O2/c1-18-22(26-24(30-18)20-6-4-7-21(25)16-20)17-28-14-9-19(10-15-28)23(29)8-5-13-27-11-2-3-12-27/h4,6-7,16,19H,2-3,5,8-15,17H2,1H3. The second-order valence-electron chi connectivity index (χ2n) is 8.70. The van der Waals surface area contributed by atoms with Gasteiger partial charge in [-0.2, -0.15) is 0 Å². The molecule has 6 heteroatoms. The first-order chi connectivity index (χ1) is 14.6. The number of oxazole rings is 1. The third kappa shape index (κ3) is 5.51. The number of piperidine rings is 1. The molecule has 162 valence electrons. The van der Waals surface area contributed by atoms with Crippen molar-refractivity contribution in [3.63, 3.8) is 0 Å². The fourth-order valence-corrected chi connectivity index (χ4v) is 4.82. The largest absolute Gasteiger partial charge is 0.441 e. The molecule has 0 aliphatic carbocycles. The molecular weight excluding hydrogens is 398 g/mol. The predicted molar refractivity (Wildman–Crippen MR) is 120 cm³/mol. The normalized spacial score (nSPS) is 18.9. The minimum atomic E-state index is 0.236. The number of ketones is 1. The second kappa shape index (κ2) is 10.1. The maximum Gasteiger partial charge on any atom is 0.226 e. The molecule has 1 aromatic carbocycles. The van der Waals surface area contributed by atoms with E-state index in [9.17, 15) is 4.79 Å². The number of benzene rings is 1. The van der Waals surface area contributed by atoms with Gasteiger partial charge in [0.05, 0.1) is 5.69 Å². The van der Waals surface area contributed by atoms with Crippen molar-refractivity contribution < 1.29 is 9.21 Å². The number of Topliss-reactive ketones (excluding diaryl/α,β-unsaturated/α-hetero) is 1. The molecule has 0 spiro atoms. The first kappa shape index (κ1) is 21.5. The lowest BCUT2D eigenvalue weighted by atomic mass is 9.90. The molecule has 0 atom stereocenters. The van der Waals surface area contributed by atoms with E-state index in [1.54, 1.807) is 0 Å². The molecule has 0 amide bonds. The molecule has 2 aliphatic heterocycles. The van der Waals surface area contributed by atoms with Gasteiger partial charge in [-0.05, 0) is 90.0 Å². The maximum atomic E-state index is 12.6. The molecule has 4 rings (SSSR count). The number of hydrogen-bond donors (Lipinski definition) is 0. The van der Waals surface area contributed by atoms with Gasteiger partial charge in [0, 0.05) is 29.5 Å². The summed E-state index contributed by atoms with van der Waals surface area (Å²) in [7, 11) is 0. The topological polar surface area (TPSA) is 49.6 Å². The van der Waals surface area contributed by atoms with Gasteiger partial charge in [-0.3, -0.25) is 9.69 Å². The summed E-state index contributed by atoms with van der Waals surface area (Å²) in [5, 5.41) is 0.678. The van der Waals surface area contributed by atoms with Crippen LogP contribution in [0.2, 0.25) is 5.02 Å². The van der Waals surface area contributed by atoms with E-state index in [2.05, 4.69) is 9.80 Å². The van der Waals surface area contributed by atoms with Crippen molar-refractivity contribution in [1.29, 1.82) is 0 Å². The van der Waals surface area contributed by atoms with Gasteiger partial charge >= 0.3 is 0 Å². The Morgan fingerprint density at radius 2 is 1.93 bits per heavy atom. The van der Waals surface area contributed by atoms with E-state index < -0.39 is 0 Å². The maximum absolute atomic E-state index is 12.6. The Bertz CT molecular complexity index is 852. The van der Waals surface area contributed by atoms with Crippen molar-refractivity contribution in [2.45, 2.75) is 52.0 Å². The fraction of sp³-hybridized carbons (Fsp3) is 0.583. The third-order valence-corrected chi connectivity index (χ3v) is 6.71. The molecule has 30 heavy (non-hydrogen) atoms. The minimum Gasteiger partial charge on any atom is -0.441 e. The predicted octanol–water partition coefficient (Wildman–Crippen LogP) is 4.96. The Morgan fingerprint density at radius 1 is 1.17 bits per heavy atom. The van der Waals surface area contributed by atoms with Crippen LogP contribution in [0.15, 0.2) is 28.7 Å². The van der Waals surface area contributed by atoms with Gasteiger partial charge < -0.3 is 9.32 Å². The highest BCUT2D eigenvalue weighted by molar-refractivity contribution is 6.30. The van der Waals surface area contributed by atoms with Crippen LogP contribution < -0.4 is 0 Å². The molecule has 5 nitrogen and oxygen atoms in total. The summed E-state index contributed by atoms with van der Waals surface area (Å²) in [6.45, 7) is 8.15. The third-order valence-electron chi connectivity index (χ3n) is 6.48. The minimum absolute atomic E-state index is 0.236. The van der Waals surface area contributed by atoms with E-state index in [1.165, 1.54) is 25.9 Å². The first-order valence-corrected chi connectivity index (χ1v) is 11.7. The lowest BCUT2D eigenvalue weighted by molar-refractivity contribution is -0.124. The van der Waals surface area contributed by atoms with Gasteiger partial charge in [-0.15, -0.1) is 0 Å². The Balaban J connectivity index is 1.24. The smallest absolute Gasteiger partial charge is 0.226 e. The molecule has 1 aromatic heterocycles. The van der Waals surface area contributed by atoms with E-state index in [4.69, 9.17) is 21.0 Å². The molecular formula is C24H32ClN3O2. The quantitative estimate of drug-likeness (QED) is 0.593. The van der Waals surface area contributed by atoms with Crippen LogP contribution in [-0.4, -0.2) is 53.3 Å². The van der Waals surface area contributed by atoms with Crippen LogP contribution in [0, 0.1) is 12.8 Å². The monoisotopic (exact) mass is 429 g/mol. The summed E-state index contributed by atoms with van der Waals surface area (Å²) >= 11 is 6.09. The SMILES string of the molecule is Cc1oc(-c2cccc(Cl)c2)nc1CN1CCC(C(=O)CCCN2CCCC2)CC1. The van der Waals surface area contributed by atoms with Crippen LogP contribution in [0.1, 0.15) is 50.0 Å². The number of aryl methyl sites for hydroxylation is 1. The first-order valence-electron chi connectivity index (χ1n) is 11.3. The number of carbonyl (C=O) groups is 1. The molecule has 0 bridgehead atoms.